The van der Waals surface area contributed by atoms with Crippen molar-refractivity contribution in [2.45, 2.75) is 96.4 Å². The van der Waals surface area contributed by atoms with Gasteiger partial charge in [-0.25, -0.2) is 0 Å². The Balaban J connectivity index is 2.25. The summed E-state index contributed by atoms with van der Waals surface area (Å²) in [6.45, 7) is 6.03. The Labute approximate surface area is 187 Å². The molecule has 6 heteroatoms. The number of nitrogens with two attached hydrogens (primary N) is 1. The predicted octanol–water partition coefficient (Wildman–Crippen LogP) is 4.87. The maximum Gasteiger partial charge on any atom is 0.247 e. The Morgan fingerprint density at radius 1 is 0.871 bits per heavy atom. The van der Waals surface area contributed by atoms with E-state index in [0.29, 0.717) is 12.1 Å². The molecule has 0 heterocycles. The third kappa shape index (κ3) is 13.5. The molecule has 0 unspecified atom stereocenters. The fraction of sp³-hybridized carbons (Fsp3) is 0.600. The summed E-state index contributed by atoms with van der Waals surface area (Å²) in [6.07, 6.45) is 13.4. The summed E-state index contributed by atoms with van der Waals surface area (Å²) >= 11 is 0. The molecule has 0 saturated carbocycles. The maximum absolute atomic E-state index is 12.5. The van der Waals surface area contributed by atoms with E-state index in [2.05, 4.69) is 24.5 Å². The first-order valence-corrected chi connectivity index (χ1v) is 11.7. The second-order valence-corrected chi connectivity index (χ2v) is 8.26. The second-order valence-electron chi connectivity index (χ2n) is 8.26. The lowest BCUT2D eigenvalue weighted by Gasteiger charge is -2.17. The molecule has 173 valence electrons. The van der Waals surface area contributed by atoms with Crippen molar-refractivity contribution in [3.05, 3.63) is 36.8 Å². The van der Waals surface area contributed by atoms with Crippen LogP contribution in [0.4, 0.5) is 5.69 Å². The molecular weight excluding hydrogens is 390 g/mol. The Morgan fingerprint density at radius 3 is 1.90 bits per heavy atom. The molecule has 0 spiro atoms. The van der Waals surface area contributed by atoms with Gasteiger partial charge in [-0.1, -0.05) is 83.3 Å². The predicted molar refractivity (Wildman–Crippen MR) is 126 cm³/mol. The first-order chi connectivity index (χ1) is 14.9. The molecule has 6 nitrogen and oxygen atoms in total. The molecular formula is C25H40N3O3. The molecule has 0 fully saturated rings. The van der Waals surface area contributed by atoms with E-state index in [9.17, 15) is 14.4 Å². The Kier molecular flexibility index (Phi) is 14.1. The van der Waals surface area contributed by atoms with Crippen molar-refractivity contribution in [1.29, 1.82) is 0 Å². The van der Waals surface area contributed by atoms with E-state index in [4.69, 9.17) is 5.73 Å². The van der Waals surface area contributed by atoms with Crippen molar-refractivity contribution >= 4 is 23.4 Å². The number of rotatable bonds is 17. The lowest BCUT2D eigenvalue weighted by molar-refractivity contribution is -0.128. The van der Waals surface area contributed by atoms with Crippen molar-refractivity contribution in [3.63, 3.8) is 0 Å². The number of hydrogen-bond donors (Lipinski definition) is 3. The van der Waals surface area contributed by atoms with Gasteiger partial charge in [-0.05, 0) is 31.0 Å². The van der Waals surface area contributed by atoms with E-state index in [1.165, 1.54) is 51.4 Å². The van der Waals surface area contributed by atoms with Crippen molar-refractivity contribution in [3.8, 4) is 0 Å². The Morgan fingerprint density at radius 2 is 1.39 bits per heavy atom. The molecule has 1 rings (SSSR count). The van der Waals surface area contributed by atoms with E-state index < -0.39 is 17.9 Å². The van der Waals surface area contributed by atoms with Crippen molar-refractivity contribution < 1.29 is 14.4 Å². The Hall–Kier alpha value is -2.37. The van der Waals surface area contributed by atoms with Gasteiger partial charge >= 0.3 is 0 Å². The van der Waals surface area contributed by atoms with Crippen LogP contribution in [0.3, 0.4) is 0 Å². The van der Waals surface area contributed by atoms with E-state index in [-0.39, 0.29) is 12.3 Å². The zero-order valence-corrected chi connectivity index (χ0v) is 19.1. The normalized spacial score (nSPS) is 11.7. The highest BCUT2D eigenvalue weighted by atomic mass is 16.2. The first kappa shape index (κ1) is 26.7. The highest BCUT2D eigenvalue weighted by Crippen LogP contribution is 2.12. The smallest absolute Gasteiger partial charge is 0.247 e. The number of carbonyl (C=O) groups excluding carboxylic acids is 3. The fourth-order valence-electron chi connectivity index (χ4n) is 3.44. The quantitative estimate of drug-likeness (QED) is 0.307. The first-order valence-electron chi connectivity index (χ1n) is 11.7. The fourth-order valence-corrected chi connectivity index (χ4v) is 3.44. The van der Waals surface area contributed by atoms with Crippen molar-refractivity contribution in [2.75, 3.05) is 5.32 Å². The zero-order chi connectivity index (χ0) is 22.9. The molecule has 0 bridgehead atoms. The molecule has 0 saturated heterocycles. The molecule has 4 N–H and O–H groups in total. The molecule has 1 aromatic rings. The molecule has 0 aliphatic rings. The van der Waals surface area contributed by atoms with Gasteiger partial charge in [0.25, 0.3) is 0 Å². The van der Waals surface area contributed by atoms with Gasteiger partial charge in [-0.3, -0.25) is 14.4 Å². The second kappa shape index (κ2) is 16.3. The third-order valence-electron chi connectivity index (χ3n) is 5.29. The maximum atomic E-state index is 12.5. The number of anilines is 1. The van der Waals surface area contributed by atoms with Gasteiger partial charge in [-0.2, -0.15) is 0 Å². The van der Waals surface area contributed by atoms with E-state index in [1.807, 2.05) is 0 Å². The van der Waals surface area contributed by atoms with E-state index >= 15 is 0 Å². The Bertz CT molecular complexity index is 658. The molecule has 1 radical (unpaired) electrons. The minimum absolute atomic E-state index is 0.231. The summed E-state index contributed by atoms with van der Waals surface area (Å²) < 4.78 is 0. The standard InChI is InChI=1S/C25H40N3O3/c1-3-4-5-6-7-8-9-10-11-12-13-14-24(30)28-22(19-23(26)29)25(31)27-21-17-15-20(2)16-18-21/h15-18,22H,2-14,19H2,1H3,(H2,26,29)(H,27,31)(H,28,30)/t22-/m1/s1. The lowest BCUT2D eigenvalue weighted by Crippen LogP contribution is -2.46. The van der Waals surface area contributed by atoms with Crippen LogP contribution in [0.2, 0.25) is 0 Å². The van der Waals surface area contributed by atoms with E-state index in [0.717, 1.165) is 24.8 Å². The summed E-state index contributed by atoms with van der Waals surface area (Å²) in [4.78, 5) is 36.1. The van der Waals surface area contributed by atoms with Crippen LogP contribution >= 0.6 is 0 Å². The number of primary amides is 1. The minimum Gasteiger partial charge on any atom is -0.370 e. The van der Waals surface area contributed by atoms with Gasteiger partial charge < -0.3 is 16.4 Å². The van der Waals surface area contributed by atoms with Crippen LogP contribution in [0.5, 0.6) is 0 Å². The number of unbranched alkanes of at least 4 members (excludes halogenated alkanes) is 10. The van der Waals surface area contributed by atoms with Crippen LogP contribution in [-0.2, 0) is 14.4 Å². The van der Waals surface area contributed by atoms with Crippen LogP contribution in [0, 0.1) is 6.92 Å². The summed E-state index contributed by atoms with van der Waals surface area (Å²) in [5.74, 6) is -1.32. The largest absolute Gasteiger partial charge is 0.370 e. The number of nitrogens with one attached hydrogen (secondary N) is 2. The van der Waals surface area contributed by atoms with Crippen molar-refractivity contribution in [2.24, 2.45) is 5.73 Å². The minimum atomic E-state index is -0.975. The SMILES string of the molecule is [CH2]c1ccc(NC(=O)[C@@H](CC(N)=O)NC(=O)CCCCCCCCCCCCC)cc1. The topological polar surface area (TPSA) is 101 Å². The highest BCUT2D eigenvalue weighted by Gasteiger charge is 2.22. The average Bonchev–Trinajstić information content (AvgIpc) is 2.73. The van der Waals surface area contributed by atoms with Gasteiger partial charge in [0.2, 0.25) is 17.7 Å². The van der Waals surface area contributed by atoms with Gasteiger partial charge in [0.15, 0.2) is 0 Å². The molecule has 0 aromatic heterocycles. The number of carbonyl (C=O) groups is 3. The van der Waals surface area contributed by atoms with Gasteiger partial charge in [0.05, 0.1) is 6.42 Å². The van der Waals surface area contributed by atoms with Crippen LogP contribution in [0.25, 0.3) is 0 Å². The molecule has 3 amide bonds. The molecule has 0 aliphatic heterocycles. The summed E-state index contributed by atoms with van der Waals surface area (Å²) in [5, 5.41) is 5.35. The third-order valence-corrected chi connectivity index (χ3v) is 5.29. The molecule has 31 heavy (non-hydrogen) atoms. The van der Waals surface area contributed by atoms with Gasteiger partial charge in [-0.15, -0.1) is 0 Å². The summed E-state index contributed by atoms with van der Waals surface area (Å²) in [5.41, 5.74) is 6.66. The highest BCUT2D eigenvalue weighted by molar-refractivity contribution is 5.99. The number of amides is 3. The van der Waals surface area contributed by atoms with Crippen LogP contribution in [0.1, 0.15) is 96.0 Å². The summed E-state index contributed by atoms with van der Waals surface area (Å²) in [6, 6.07) is 5.99. The number of hydrogen-bond acceptors (Lipinski definition) is 3. The van der Waals surface area contributed by atoms with E-state index in [1.54, 1.807) is 24.3 Å². The zero-order valence-electron chi connectivity index (χ0n) is 19.1. The molecule has 0 aliphatic carbocycles. The monoisotopic (exact) mass is 430 g/mol. The average molecular weight is 431 g/mol. The molecule has 1 atom stereocenters. The van der Waals surface area contributed by atoms with Gasteiger partial charge in [0.1, 0.15) is 6.04 Å². The van der Waals surface area contributed by atoms with Gasteiger partial charge in [0, 0.05) is 12.1 Å². The summed E-state index contributed by atoms with van der Waals surface area (Å²) in [7, 11) is 0. The van der Waals surface area contributed by atoms with Crippen LogP contribution in [0.15, 0.2) is 24.3 Å². The lowest BCUT2D eigenvalue weighted by atomic mass is 10.0. The number of benzene rings is 1. The molecule has 1 aromatic carbocycles. The van der Waals surface area contributed by atoms with Crippen molar-refractivity contribution in [1.82, 2.24) is 5.32 Å². The van der Waals surface area contributed by atoms with Crippen LogP contribution < -0.4 is 16.4 Å². The van der Waals surface area contributed by atoms with Crippen LogP contribution in [-0.4, -0.2) is 23.8 Å².